The zero-order chi connectivity index (χ0) is 12.5. The Morgan fingerprint density at radius 3 is 2.78 bits per heavy atom. The molecule has 18 heavy (non-hydrogen) atoms. The maximum atomic E-state index is 12.9. The van der Waals surface area contributed by atoms with E-state index < -0.39 is 6.10 Å². The molecule has 2 unspecified atom stereocenters. The van der Waals surface area contributed by atoms with Crippen LogP contribution < -0.4 is 0 Å². The molecule has 3 heteroatoms. The van der Waals surface area contributed by atoms with Gasteiger partial charge in [-0.1, -0.05) is 12.1 Å². The second-order valence-electron chi connectivity index (χ2n) is 4.79. The highest BCUT2D eigenvalue weighted by molar-refractivity contribution is 7.10. The molecule has 2 atom stereocenters. The minimum absolute atomic E-state index is 0.158. The summed E-state index contributed by atoms with van der Waals surface area (Å²) in [6.07, 6.45) is 2.72. The monoisotopic (exact) mass is 262 g/mol. The Hall–Kier alpha value is -1.19. The van der Waals surface area contributed by atoms with Crippen LogP contribution in [0.2, 0.25) is 0 Å². The van der Waals surface area contributed by atoms with Gasteiger partial charge in [0.05, 0.1) is 6.10 Å². The van der Waals surface area contributed by atoms with Crippen LogP contribution in [-0.4, -0.2) is 5.11 Å². The van der Waals surface area contributed by atoms with Crippen LogP contribution in [0.4, 0.5) is 4.39 Å². The summed E-state index contributed by atoms with van der Waals surface area (Å²) in [5, 5.41) is 12.6. The van der Waals surface area contributed by atoms with Crippen molar-refractivity contribution in [2.24, 2.45) is 0 Å². The second kappa shape index (κ2) is 4.82. The van der Waals surface area contributed by atoms with Crippen LogP contribution in [0.15, 0.2) is 35.7 Å². The van der Waals surface area contributed by atoms with E-state index in [1.165, 1.54) is 22.6 Å². The van der Waals surface area contributed by atoms with E-state index in [9.17, 15) is 9.50 Å². The highest BCUT2D eigenvalue weighted by atomic mass is 32.1. The third-order valence-corrected chi connectivity index (χ3v) is 4.69. The Balaban J connectivity index is 1.90. The molecular formula is C15H15FOS. The SMILES string of the molecule is OC(c1ccc(F)cc1)C1CCCc2sccc21. The minimum atomic E-state index is -0.528. The summed E-state index contributed by atoms with van der Waals surface area (Å²) >= 11 is 1.77. The molecule has 0 aliphatic heterocycles. The summed E-state index contributed by atoms with van der Waals surface area (Å²) in [6, 6.07) is 8.31. The highest BCUT2D eigenvalue weighted by Crippen LogP contribution is 2.42. The van der Waals surface area contributed by atoms with Gasteiger partial charge >= 0.3 is 0 Å². The maximum Gasteiger partial charge on any atom is 0.123 e. The van der Waals surface area contributed by atoms with Gasteiger partial charge < -0.3 is 5.11 Å². The van der Waals surface area contributed by atoms with Crippen molar-refractivity contribution in [3.63, 3.8) is 0 Å². The number of hydrogen-bond donors (Lipinski definition) is 1. The molecule has 1 heterocycles. The van der Waals surface area contributed by atoms with Gasteiger partial charge in [0.2, 0.25) is 0 Å². The largest absolute Gasteiger partial charge is 0.388 e. The van der Waals surface area contributed by atoms with Gasteiger partial charge in [-0.15, -0.1) is 11.3 Å². The molecule has 0 bridgehead atoms. The number of aliphatic hydroxyl groups is 1. The number of fused-ring (bicyclic) bond motifs is 1. The number of rotatable bonds is 2. The molecule has 1 N–H and O–H groups in total. The zero-order valence-corrected chi connectivity index (χ0v) is 10.8. The van der Waals surface area contributed by atoms with Crippen LogP contribution >= 0.6 is 11.3 Å². The van der Waals surface area contributed by atoms with Crippen LogP contribution in [0.5, 0.6) is 0 Å². The van der Waals surface area contributed by atoms with Gasteiger partial charge in [-0.2, -0.15) is 0 Å². The summed E-state index contributed by atoms with van der Waals surface area (Å²) in [7, 11) is 0. The summed E-state index contributed by atoms with van der Waals surface area (Å²) in [5.74, 6) is -0.101. The normalized spacial score (nSPS) is 20.4. The molecule has 0 spiro atoms. The fraction of sp³-hybridized carbons (Fsp3) is 0.333. The Labute approximate surface area is 110 Å². The molecule has 2 aromatic rings. The first-order chi connectivity index (χ1) is 8.75. The first-order valence-electron chi connectivity index (χ1n) is 6.25. The van der Waals surface area contributed by atoms with Gasteiger partial charge in [0.1, 0.15) is 5.82 Å². The number of thiophene rings is 1. The molecule has 1 aromatic carbocycles. The first-order valence-corrected chi connectivity index (χ1v) is 7.13. The zero-order valence-electron chi connectivity index (χ0n) is 9.97. The van der Waals surface area contributed by atoms with Gasteiger partial charge in [-0.05, 0) is 54.0 Å². The lowest BCUT2D eigenvalue weighted by atomic mass is 9.81. The Bertz CT molecular complexity index is 532. The quantitative estimate of drug-likeness (QED) is 0.866. The molecule has 1 nitrogen and oxygen atoms in total. The standard InChI is InChI=1S/C15H15FOS/c16-11-6-4-10(5-7-11)15(17)13-2-1-3-14-12(13)8-9-18-14/h4-9,13,15,17H,1-3H2. The van der Waals surface area contributed by atoms with Crippen LogP contribution in [-0.2, 0) is 6.42 Å². The number of benzene rings is 1. The van der Waals surface area contributed by atoms with Crippen molar-refractivity contribution >= 4 is 11.3 Å². The predicted octanol–water partition coefficient (Wildman–Crippen LogP) is 4.04. The van der Waals surface area contributed by atoms with Crippen LogP contribution in [0.3, 0.4) is 0 Å². The molecule has 3 rings (SSSR count). The highest BCUT2D eigenvalue weighted by Gasteiger charge is 2.28. The minimum Gasteiger partial charge on any atom is -0.388 e. The van der Waals surface area contributed by atoms with E-state index in [0.717, 1.165) is 24.8 Å². The van der Waals surface area contributed by atoms with Crippen LogP contribution in [0.25, 0.3) is 0 Å². The van der Waals surface area contributed by atoms with Crippen molar-refractivity contribution < 1.29 is 9.50 Å². The Morgan fingerprint density at radius 2 is 2.00 bits per heavy atom. The molecule has 0 amide bonds. The summed E-state index contributed by atoms with van der Waals surface area (Å²) < 4.78 is 12.9. The van der Waals surface area contributed by atoms with Crippen molar-refractivity contribution in [3.8, 4) is 0 Å². The van der Waals surface area contributed by atoms with Crippen LogP contribution in [0, 0.1) is 5.82 Å². The lowest BCUT2D eigenvalue weighted by Gasteiger charge is -2.27. The predicted molar refractivity (Wildman–Crippen MR) is 71.4 cm³/mol. The fourth-order valence-electron chi connectivity index (χ4n) is 2.74. The number of halogens is 1. The topological polar surface area (TPSA) is 20.2 Å². The average Bonchev–Trinajstić information content (AvgIpc) is 2.87. The second-order valence-corrected chi connectivity index (χ2v) is 5.79. The number of aryl methyl sites for hydroxylation is 1. The molecule has 1 aromatic heterocycles. The van der Waals surface area contributed by atoms with E-state index in [1.54, 1.807) is 23.5 Å². The van der Waals surface area contributed by atoms with Gasteiger partial charge in [0.15, 0.2) is 0 Å². The van der Waals surface area contributed by atoms with Crippen molar-refractivity contribution in [2.45, 2.75) is 31.3 Å². The Kier molecular flexibility index (Phi) is 3.18. The molecule has 1 aliphatic carbocycles. The van der Waals surface area contributed by atoms with Gasteiger partial charge in [0.25, 0.3) is 0 Å². The summed E-state index contributed by atoms with van der Waals surface area (Å²) in [5.41, 5.74) is 2.09. The molecular weight excluding hydrogens is 247 g/mol. The van der Waals surface area contributed by atoms with E-state index in [4.69, 9.17) is 0 Å². The van der Waals surface area contributed by atoms with Gasteiger partial charge in [-0.3, -0.25) is 0 Å². The molecule has 0 saturated carbocycles. The maximum absolute atomic E-state index is 12.9. The third-order valence-electron chi connectivity index (χ3n) is 3.69. The summed E-state index contributed by atoms with van der Waals surface area (Å²) in [6.45, 7) is 0. The molecule has 1 aliphatic rings. The van der Waals surface area contributed by atoms with E-state index in [-0.39, 0.29) is 11.7 Å². The smallest absolute Gasteiger partial charge is 0.123 e. The lowest BCUT2D eigenvalue weighted by molar-refractivity contribution is 0.136. The average molecular weight is 262 g/mol. The first kappa shape index (κ1) is 11.9. The van der Waals surface area contributed by atoms with Crippen molar-refractivity contribution in [1.29, 1.82) is 0 Å². The molecule has 94 valence electrons. The number of hydrogen-bond acceptors (Lipinski definition) is 2. The number of aliphatic hydroxyl groups excluding tert-OH is 1. The molecule has 0 radical (unpaired) electrons. The fourth-order valence-corrected chi connectivity index (χ4v) is 3.74. The van der Waals surface area contributed by atoms with E-state index in [1.807, 2.05) is 0 Å². The lowest BCUT2D eigenvalue weighted by Crippen LogP contribution is -2.15. The van der Waals surface area contributed by atoms with E-state index >= 15 is 0 Å². The van der Waals surface area contributed by atoms with Gasteiger partial charge in [-0.25, -0.2) is 4.39 Å². The van der Waals surface area contributed by atoms with E-state index in [2.05, 4.69) is 11.4 Å². The molecule has 0 fully saturated rings. The summed E-state index contributed by atoms with van der Waals surface area (Å²) in [4.78, 5) is 1.40. The van der Waals surface area contributed by atoms with Crippen molar-refractivity contribution in [2.75, 3.05) is 0 Å². The van der Waals surface area contributed by atoms with Crippen molar-refractivity contribution in [3.05, 3.63) is 57.5 Å². The van der Waals surface area contributed by atoms with Crippen LogP contribution in [0.1, 0.15) is 40.9 Å². The van der Waals surface area contributed by atoms with Crippen molar-refractivity contribution in [1.82, 2.24) is 0 Å². The molecule has 0 saturated heterocycles. The van der Waals surface area contributed by atoms with Gasteiger partial charge in [0, 0.05) is 10.8 Å². The van der Waals surface area contributed by atoms with E-state index in [0.29, 0.717) is 0 Å². The third kappa shape index (κ3) is 2.08. The Morgan fingerprint density at radius 1 is 1.22 bits per heavy atom.